The molecule has 12 heteroatoms. The van der Waals surface area contributed by atoms with Crippen LogP contribution in [-0.2, 0) is 9.13 Å². The lowest BCUT2D eigenvalue weighted by Gasteiger charge is -2.39. The summed E-state index contributed by atoms with van der Waals surface area (Å²) in [6.07, 6.45) is 1.94. The molecule has 1 aliphatic heterocycles. The first-order chi connectivity index (χ1) is 28.4. The lowest BCUT2D eigenvalue weighted by Crippen LogP contribution is -2.28. The fourth-order valence-electron chi connectivity index (χ4n) is 7.39. The van der Waals surface area contributed by atoms with E-state index in [2.05, 4.69) is 12.1 Å². The summed E-state index contributed by atoms with van der Waals surface area (Å²) < 4.78 is 68.5. The summed E-state index contributed by atoms with van der Waals surface area (Å²) >= 11 is 0. The summed E-state index contributed by atoms with van der Waals surface area (Å²) in [6.45, 7) is 0. The standard InChI is InChI=1S/C46H42N2O6P4/c49-57(51-39-23-8-1-9-24-39,52-40-25-10-2-11-26-40)47-55(43-31-16-5-17-32-43)38-22-37-46(55)56(44-33-18-6-19-34-44,45-35-20-7-21-36-45)48-58(50,53-41-27-12-3-13-28-41)54-42-29-14-4-15-30-42/h1-21,23-36,46H,22,37-38H2. The van der Waals surface area contributed by atoms with Crippen molar-refractivity contribution >= 4 is 45.5 Å². The highest BCUT2D eigenvalue weighted by atomic mass is 31.3. The van der Waals surface area contributed by atoms with Gasteiger partial charge in [-0.05, 0) is 83.4 Å². The van der Waals surface area contributed by atoms with E-state index >= 15 is 9.13 Å². The largest absolute Gasteiger partial charge is 0.562 e. The first kappa shape index (κ1) is 39.5. The van der Waals surface area contributed by atoms with Crippen molar-refractivity contribution in [3.8, 4) is 23.0 Å². The number of nitrogens with zero attached hydrogens (tertiary/aromatic N) is 2. The Kier molecular flexibility index (Phi) is 12.0. The Hall–Kier alpha value is -5.34. The number of rotatable bonds is 14. The predicted octanol–water partition coefficient (Wildman–Crippen LogP) is 13.0. The van der Waals surface area contributed by atoms with Gasteiger partial charge in [-0.3, -0.25) is 0 Å². The van der Waals surface area contributed by atoms with Crippen molar-refractivity contribution < 1.29 is 27.2 Å². The first-order valence-electron chi connectivity index (χ1n) is 19.0. The Bertz CT molecular complexity index is 2490. The Labute approximate surface area is 340 Å². The average Bonchev–Trinajstić information content (AvgIpc) is 3.69. The van der Waals surface area contributed by atoms with E-state index in [0.717, 1.165) is 22.3 Å². The monoisotopic (exact) mass is 842 g/mol. The van der Waals surface area contributed by atoms with Crippen LogP contribution in [-0.4, -0.2) is 11.6 Å². The van der Waals surface area contributed by atoms with E-state index in [9.17, 15) is 0 Å². The van der Waals surface area contributed by atoms with Crippen molar-refractivity contribution in [1.29, 1.82) is 0 Å². The van der Waals surface area contributed by atoms with E-state index in [4.69, 9.17) is 27.1 Å². The third-order valence-electron chi connectivity index (χ3n) is 9.76. The predicted molar refractivity (Wildman–Crippen MR) is 238 cm³/mol. The highest BCUT2D eigenvalue weighted by Gasteiger charge is 2.52. The molecule has 0 radical (unpaired) electrons. The van der Waals surface area contributed by atoms with E-state index in [0.29, 0.717) is 35.6 Å². The summed E-state index contributed by atoms with van der Waals surface area (Å²) in [5.74, 6) is 1.42. The molecule has 1 fully saturated rings. The molecule has 0 amide bonds. The van der Waals surface area contributed by atoms with Gasteiger partial charge in [-0.25, -0.2) is 9.13 Å². The molecule has 1 saturated heterocycles. The van der Waals surface area contributed by atoms with Crippen molar-refractivity contribution in [2.75, 3.05) is 6.16 Å². The van der Waals surface area contributed by atoms with Gasteiger partial charge in [0.25, 0.3) is 0 Å². The molecule has 0 saturated carbocycles. The van der Waals surface area contributed by atoms with Gasteiger partial charge in [-0.15, -0.1) is 0 Å². The molecule has 1 aliphatic rings. The molecule has 0 aliphatic carbocycles. The van der Waals surface area contributed by atoms with E-state index in [1.807, 2.05) is 152 Å². The van der Waals surface area contributed by atoms with Gasteiger partial charge in [0, 0.05) is 12.5 Å². The van der Waals surface area contributed by atoms with E-state index in [1.165, 1.54) is 0 Å². The highest BCUT2D eigenvalue weighted by Crippen LogP contribution is 2.79. The van der Waals surface area contributed by atoms with Crippen molar-refractivity contribution in [3.05, 3.63) is 212 Å². The number of para-hydroxylation sites is 4. The summed E-state index contributed by atoms with van der Waals surface area (Å²) in [6, 6.07) is 65.9. The summed E-state index contributed by atoms with van der Waals surface area (Å²) in [5.41, 5.74) is 0. The Morgan fingerprint density at radius 3 is 1.14 bits per heavy atom. The lowest BCUT2D eigenvalue weighted by molar-refractivity contribution is 0.387. The smallest absolute Gasteiger partial charge is 0.399 e. The van der Waals surface area contributed by atoms with Crippen molar-refractivity contribution in [1.82, 2.24) is 0 Å². The maximum atomic E-state index is 15.9. The van der Waals surface area contributed by atoms with Gasteiger partial charge in [0.1, 0.15) is 23.0 Å². The zero-order chi connectivity index (χ0) is 39.7. The SMILES string of the molecule is O=P(N=P1(c2ccccc2)CCCC1P(=NP(=O)(Oc1ccccc1)Oc1ccccc1)(c1ccccc1)c1ccccc1)(Oc1ccccc1)Oc1ccccc1. The van der Waals surface area contributed by atoms with Crippen molar-refractivity contribution in [2.45, 2.75) is 18.2 Å². The third-order valence-corrected chi connectivity index (χ3v) is 24.6. The number of hydrogen-bond acceptors (Lipinski definition) is 6. The van der Waals surface area contributed by atoms with Crippen LogP contribution >= 0.6 is 29.6 Å². The highest BCUT2D eigenvalue weighted by molar-refractivity contribution is 7.97. The van der Waals surface area contributed by atoms with Crippen LogP contribution in [0, 0.1) is 0 Å². The molecule has 0 N–H and O–H groups in total. The molecule has 8 rings (SSSR count). The molecule has 292 valence electrons. The van der Waals surface area contributed by atoms with E-state index in [-0.39, 0.29) is 0 Å². The molecule has 0 spiro atoms. The van der Waals surface area contributed by atoms with Gasteiger partial charge in [-0.1, -0.05) is 164 Å². The molecule has 0 aromatic heterocycles. The zero-order valence-corrected chi connectivity index (χ0v) is 35.1. The molecular weight excluding hydrogens is 800 g/mol. The second kappa shape index (κ2) is 17.7. The van der Waals surface area contributed by atoms with Crippen molar-refractivity contribution in [3.63, 3.8) is 0 Å². The minimum atomic E-state index is -4.46. The van der Waals surface area contributed by atoms with Crippen molar-refractivity contribution in [2.24, 2.45) is 9.03 Å². The van der Waals surface area contributed by atoms with Gasteiger partial charge in [0.2, 0.25) is 0 Å². The molecule has 7 aromatic carbocycles. The van der Waals surface area contributed by atoms with Crippen LogP contribution in [0.2, 0.25) is 0 Å². The van der Waals surface area contributed by atoms with Crippen LogP contribution in [0.3, 0.4) is 0 Å². The average molecular weight is 843 g/mol. The summed E-state index contributed by atoms with van der Waals surface area (Å²) in [7, 11) is -15.3. The maximum Gasteiger partial charge on any atom is 0.562 e. The molecule has 8 nitrogen and oxygen atoms in total. The Morgan fingerprint density at radius 2 is 0.759 bits per heavy atom. The molecule has 1 heterocycles. The van der Waals surface area contributed by atoms with Gasteiger partial charge >= 0.3 is 15.5 Å². The van der Waals surface area contributed by atoms with Crippen LogP contribution in [0.25, 0.3) is 0 Å². The van der Waals surface area contributed by atoms with E-state index < -0.39 is 35.0 Å². The van der Waals surface area contributed by atoms with Crippen LogP contribution in [0.5, 0.6) is 23.0 Å². The Balaban J connectivity index is 1.47. The maximum absolute atomic E-state index is 15.9. The third kappa shape index (κ3) is 8.73. The Morgan fingerprint density at radius 1 is 0.431 bits per heavy atom. The number of benzene rings is 7. The molecule has 7 aromatic rings. The molecule has 58 heavy (non-hydrogen) atoms. The zero-order valence-electron chi connectivity index (χ0n) is 31.5. The van der Waals surface area contributed by atoms with Gasteiger partial charge in [0.05, 0.1) is 7.05 Å². The quantitative estimate of drug-likeness (QED) is 0.101. The number of hydrogen-bond donors (Lipinski definition) is 0. The van der Waals surface area contributed by atoms with Gasteiger partial charge in [-0.2, -0.15) is 9.03 Å². The molecular formula is C46H42N2O6P4. The van der Waals surface area contributed by atoms with Crippen LogP contribution in [0.4, 0.5) is 0 Å². The first-order valence-corrected chi connectivity index (χ1v) is 25.8. The fraction of sp³-hybridized carbons (Fsp3) is 0.0870. The second-order valence-corrected chi connectivity index (χ2v) is 24.3. The molecule has 0 bridgehead atoms. The summed E-state index contributed by atoms with van der Waals surface area (Å²) in [4.78, 5) is 0. The van der Waals surface area contributed by atoms with Crippen LogP contribution < -0.4 is 34.0 Å². The van der Waals surface area contributed by atoms with Crippen LogP contribution in [0.15, 0.2) is 221 Å². The van der Waals surface area contributed by atoms with E-state index in [1.54, 1.807) is 48.5 Å². The normalized spacial score (nSPS) is 16.8. The minimum absolute atomic E-state index is 0.349. The second-order valence-electron chi connectivity index (χ2n) is 13.6. The van der Waals surface area contributed by atoms with Crippen LogP contribution in [0.1, 0.15) is 12.8 Å². The summed E-state index contributed by atoms with van der Waals surface area (Å²) in [5, 5.41) is 2.21. The lowest BCUT2D eigenvalue weighted by atomic mass is 10.3. The van der Waals surface area contributed by atoms with Gasteiger partial charge < -0.3 is 18.1 Å². The molecule has 2 atom stereocenters. The minimum Gasteiger partial charge on any atom is -0.399 e. The fourth-order valence-corrected chi connectivity index (χ4v) is 25.3. The topological polar surface area (TPSA) is 95.8 Å². The van der Waals surface area contributed by atoms with Gasteiger partial charge in [0.15, 0.2) is 0 Å². The molecule has 2 unspecified atom stereocenters.